The van der Waals surface area contributed by atoms with E-state index in [1.165, 1.54) is 47.9 Å². The van der Waals surface area contributed by atoms with Crippen LogP contribution in [0.1, 0.15) is 111 Å². The van der Waals surface area contributed by atoms with Gasteiger partial charge in [0.1, 0.15) is 24.5 Å². The number of nitrogens with one attached hydrogen (secondary N) is 6. The lowest BCUT2D eigenvalue weighted by atomic mass is 9.81. The number of hydrogen-bond donors (Lipinski definition) is 9. The number of pyridine rings is 2. The van der Waals surface area contributed by atoms with Gasteiger partial charge < -0.3 is 62.3 Å². The molecule has 29 heteroatoms. The number of cyclic esters (lactones) is 1. The molecular formula is C53H64F3N10O15P. The first-order chi connectivity index (χ1) is 38.8. The topological polar surface area (TPSA) is 370 Å². The Morgan fingerprint density at radius 2 is 1.71 bits per heavy atom. The maximum Gasteiger partial charge on any atom is 0.473 e. The molecular weight excluding hydrogens is 1100 g/mol. The number of halogens is 3. The molecule has 0 radical (unpaired) electrons. The minimum absolute atomic E-state index is 0.0321. The van der Waals surface area contributed by atoms with E-state index >= 15 is 4.39 Å². The summed E-state index contributed by atoms with van der Waals surface area (Å²) < 4.78 is 79.0. The number of ether oxygens (including phenoxy) is 2. The Morgan fingerprint density at radius 1 is 0.988 bits per heavy atom. The lowest BCUT2D eigenvalue weighted by Gasteiger charge is -2.36. The number of carbonyl (C=O) groups is 8. The molecule has 2 aliphatic heterocycles. The second-order valence-corrected chi connectivity index (χ2v) is 21.8. The van der Waals surface area contributed by atoms with Crippen molar-refractivity contribution in [2.45, 2.75) is 142 Å². The fraction of sp³-hybridized carbons (Fsp3) is 0.472. The number of aromatic nitrogens is 2. The summed E-state index contributed by atoms with van der Waals surface area (Å²) in [6.45, 7) is 6.98. The summed E-state index contributed by atoms with van der Waals surface area (Å²) in [5.74, 6) is -6.67. The Bertz CT molecular complexity index is 3290. The van der Waals surface area contributed by atoms with Crippen LogP contribution in [0, 0.1) is 18.7 Å². The number of urea groups is 1. The predicted molar refractivity (Wildman–Crippen MR) is 285 cm³/mol. The number of anilines is 1. The quantitative estimate of drug-likeness (QED) is 0.0166. The standard InChI is InChI=1S/C53H64F3N10O15P/c1-6-53(33-18-39-44-31(21-66(39)50(73)32(33)23-79-51(53)74)42-36(63-49(72)45(55)56)14-13-30-27(5)34(54)19-38(62-44)41(30)42)81-82(76,77)80-22-28-9-11-29(12-10-28)61-47(70)37(8-7-16-59-52(58)75)64-48(71)43(25(2)3)65-46(69)35(57)20-40(68)60-26(4)15-17-78-24-67/h9-12,18-19,24-26,35-37,43,45H,6-8,13-17,20-23,57H2,1-5H3,(H,60,68)(H,61,70)(H,63,72)(H,64,71)(H,65,69)(H,76,77)(H3,58,59,75)/t26-,35+,36+,37+,43?,53+/m1/s1. The number of rotatable bonds is 26. The number of esters is 1. The molecule has 0 saturated heterocycles. The van der Waals surface area contributed by atoms with Crippen molar-refractivity contribution in [1.82, 2.24) is 36.1 Å². The second kappa shape index (κ2) is 26.0. The molecule has 1 aliphatic carbocycles. The summed E-state index contributed by atoms with van der Waals surface area (Å²) in [6, 6.07) is 2.15. The molecule has 3 aliphatic rings. The fourth-order valence-electron chi connectivity index (χ4n) is 10.2. The molecule has 2 aromatic carbocycles. The smallest absolute Gasteiger partial charge is 0.468 e. The molecule has 7 rings (SSSR count). The molecule has 442 valence electrons. The number of alkyl halides is 2. The monoisotopic (exact) mass is 1170 g/mol. The highest BCUT2D eigenvalue weighted by Gasteiger charge is 2.53. The molecule has 4 heterocycles. The van der Waals surface area contributed by atoms with Crippen LogP contribution in [0.3, 0.4) is 0 Å². The fourth-order valence-corrected chi connectivity index (χ4v) is 11.3. The highest BCUT2D eigenvalue weighted by Crippen LogP contribution is 2.55. The second-order valence-electron chi connectivity index (χ2n) is 20.5. The zero-order chi connectivity index (χ0) is 60.0. The first kappa shape index (κ1) is 61.8. The van der Waals surface area contributed by atoms with Crippen LogP contribution < -0.4 is 48.9 Å². The number of fused-ring (bicyclic) bond motifs is 5. The van der Waals surface area contributed by atoms with Gasteiger partial charge in [-0.15, -0.1) is 0 Å². The van der Waals surface area contributed by atoms with Crippen molar-refractivity contribution in [3.8, 4) is 11.4 Å². The van der Waals surface area contributed by atoms with Crippen LogP contribution in [-0.2, 0) is 88.4 Å². The molecule has 25 nitrogen and oxygen atoms in total. The molecule has 0 bridgehead atoms. The number of benzene rings is 2. The van der Waals surface area contributed by atoms with Gasteiger partial charge >= 0.3 is 26.2 Å². The van der Waals surface area contributed by atoms with E-state index in [4.69, 9.17) is 30.2 Å². The molecule has 0 fully saturated rings. The molecule has 2 unspecified atom stereocenters. The number of aryl methyl sites for hydroxylation is 1. The third-order valence-electron chi connectivity index (χ3n) is 14.5. The number of phosphoric ester groups is 1. The molecule has 82 heavy (non-hydrogen) atoms. The van der Waals surface area contributed by atoms with E-state index in [1.54, 1.807) is 27.7 Å². The molecule has 7 amide bonds. The van der Waals surface area contributed by atoms with Gasteiger partial charge in [0.25, 0.3) is 17.9 Å². The van der Waals surface area contributed by atoms with Crippen LogP contribution in [-0.4, -0.2) is 106 Å². The van der Waals surface area contributed by atoms with Gasteiger partial charge in [0, 0.05) is 47.3 Å². The first-order valence-corrected chi connectivity index (χ1v) is 27.8. The zero-order valence-electron chi connectivity index (χ0n) is 45.4. The first-order valence-electron chi connectivity index (χ1n) is 26.3. The number of nitrogens with two attached hydrogens (primary N) is 2. The summed E-state index contributed by atoms with van der Waals surface area (Å²) in [5, 5.41) is 15.7. The van der Waals surface area contributed by atoms with Crippen LogP contribution in [0.2, 0.25) is 0 Å². The van der Waals surface area contributed by atoms with Crippen LogP contribution in [0.4, 0.5) is 23.7 Å². The van der Waals surface area contributed by atoms with Crippen LogP contribution >= 0.6 is 7.82 Å². The van der Waals surface area contributed by atoms with E-state index in [9.17, 15) is 61.4 Å². The number of hydrogen-bond acceptors (Lipinski definition) is 16. The van der Waals surface area contributed by atoms with E-state index in [0.29, 0.717) is 34.1 Å². The highest BCUT2D eigenvalue weighted by atomic mass is 31.2. The van der Waals surface area contributed by atoms with E-state index in [1.807, 2.05) is 0 Å². The van der Waals surface area contributed by atoms with Gasteiger partial charge in [-0.25, -0.2) is 23.5 Å². The summed E-state index contributed by atoms with van der Waals surface area (Å²) >= 11 is 0. The van der Waals surface area contributed by atoms with Gasteiger partial charge in [-0.05, 0) is 92.3 Å². The summed E-state index contributed by atoms with van der Waals surface area (Å²) in [5.41, 5.74) is 10.3. The third-order valence-corrected chi connectivity index (χ3v) is 15.5. The lowest BCUT2D eigenvalue weighted by Crippen LogP contribution is -2.57. The van der Waals surface area contributed by atoms with Gasteiger partial charge in [0.2, 0.25) is 29.2 Å². The molecule has 0 saturated carbocycles. The summed E-state index contributed by atoms with van der Waals surface area (Å²) in [4.78, 5) is 132. The largest absolute Gasteiger partial charge is 0.473 e. The Labute approximate surface area is 467 Å². The number of primary amides is 1. The predicted octanol–water partition coefficient (Wildman–Crippen LogP) is 3.04. The van der Waals surface area contributed by atoms with Crippen molar-refractivity contribution in [3.63, 3.8) is 0 Å². The van der Waals surface area contributed by atoms with Gasteiger partial charge in [-0.2, -0.15) is 8.78 Å². The minimum Gasteiger partial charge on any atom is -0.468 e. The van der Waals surface area contributed by atoms with E-state index in [0.717, 1.165) is 0 Å². The van der Waals surface area contributed by atoms with Gasteiger partial charge in [-0.1, -0.05) is 32.9 Å². The van der Waals surface area contributed by atoms with E-state index < -0.39 is 129 Å². The molecule has 2 aromatic heterocycles. The Balaban J connectivity index is 1.05. The van der Waals surface area contributed by atoms with Crippen molar-refractivity contribution in [2.75, 3.05) is 18.5 Å². The normalized spacial score (nSPS) is 18.1. The Hall–Kier alpha value is -7.78. The minimum atomic E-state index is -5.29. The van der Waals surface area contributed by atoms with E-state index in [2.05, 4.69) is 36.6 Å². The Kier molecular flexibility index (Phi) is 19.6. The van der Waals surface area contributed by atoms with Crippen molar-refractivity contribution >= 4 is 72.4 Å². The van der Waals surface area contributed by atoms with Gasteiger partial charge in [0.05, 0.1) is 60.7 Å². The van der Waals surface area contributed by atoms with Gasteiger partial charge in [-0.3, -0.25) is 42.6 Å². The molecule has 0 spiro atoms. The number of amides is 7. The zero-order valence-corrected chi connectivity index (χ0v) is 46.3. The molecule has 4 aromatic rings. The van der Waals surface area contributed by atoms with Crippen LogP contribution in [0.15, 0.2) is 41.2 Å². The third kappa shape index (κ3) is 13.8. The van der Waals surface area contributed by atoms with Crippen LogP contribution in [0.5, 0.6) is 0 Å². The number of nitrogens with zero attached hydrogens (tertiary/aromatic N) is 2. The maximum atomic E-state index is 15.4. The number of carbonyl (C=O) groups excluding carboxylic acids is 8. The average Bonchev–Trinajstić information content (AvgIpc) is 2.04. The number of phosphoric acid groups is 1. The van der Waals surface area contributed by atoms with E-state index in [-0.39, 0.29) is 97.6 Å². The van der Waals surface area contributed by atoms with Crippen LogP contribution in [0.25, 0.3) is 22.3 Å². The Morgan fingerprint density at radius 3 is 2.37 bits per heavy atom. The van der Waals surface area contributed by atoms with Gasteiger partial charge in [0.15, 0.2) is 0 Å². The average molecular weight is 1170 g/mol. The molecule has 7 atom stereocenters. The SMILES string of the molecule is CC[C@@]1(OP(=O)(O)OCc2ccc(NC(=O)[C@H](CCCNC(N)=O)NC(=O)C(NC(=O)[C@@H](N)CC(=O)N[C@H](C)CCOC=O)C(C)C)cc2)C(=O)OCc2c1cc1n(c2=O)Cc2c-1nc1cc(F)c(C)c3c1c2[C@@H](NC(=O)C(F)F)CC3. The van der Waals surface area contributed by atoms with Crippen molar-refractivity contribution < 1.29 is 79.5 Å². The van der Waals surface area contributed by atoms with Crippen molar-refractivity contribution in [1.29, 1.82) is 0 Å². The summed E-state index contributed by atoms with van der Waals surface area (Å²) in [7, 11) is -5.29. The van der Waals surface area contributed by atoms with Crippen molar-refractivity contribution in [2.24, 2.45) is 17.4 Å². The maximum absolute atomic E-state index is 15.4. The molecule has 11 N–H and O–H groups in total. The highest BCUT2D eigenvalue weighted by molar-refractivity contribution is 7.47. The summed E-state index contributed by atoms with van der Waals surface area (Å²) in [6.07, 6.45) is -3.34. The lowest BCUT2D eigenvalue weighted by molar-refractivity contribution is -0.171. The van der Waals surface area contributed by atoms with Crippen molar-refractivity contribution in [3.05, 3.63) is 91.5 Å².